The molecule has 94 valence electrons. The van der Waals surface area contributed by atoms with E-state index in [2.05, 4.69) is 0 Å². The maximum Gasteiger partial charge on any atom is 0.0673 e. The van der Waals surface area contributed by atoms with E-state index in [1.54, 1.807) is 12.1 Å². The van der Waals surface area contributed by atoms with Crippen LogP contribution in [-0.2, 0) is 0 Å². The first-order valence-electron chi connectivity index (χ1n) is 5.33. The second kappa shape index (κ2) is 5.30. The Morgan fingerprint density at radius 3 is 1.28 bits per heavy atom. The molecule has 0 aliphatic carbocycles. The summed E-state index contributed by atoms with van der Waals surface area (Å²) in [5.74, 6) is 0. The smallest absolute Gasteiger partial charge is 0.0673 e. The first kappa shape index (κ1) is 14.0. The van der Waals surface area contributed by atoms with Crippen molar-refractivity contribution in [3.05, 3.63) is 55.5 Å². The molecule has 0 saturated carbocycles. The Morgan fingerprint density at radius 1 is 0.611 bits per heavy atom. The average Bonchev–Trinajstić information content (AvgIpc) is 2.33. The molecule has 0 spiro atoms. The fourth-order valence-corrected chi connectivity index (χ4v) is 2.84. The molecule has 0 bridgehead atoms. The Hall–Kier alpha value is -0.400. The van der Waals surface area contributed by atoms with Crippen molar-refractivity contribution < 1.29 is 0 Å². The third-order valence-corrected chi connectivity index (χ3v) is 4.46. The van der Waals surface area contributed by atoms with Gasteiger partial charge < -0.3 is 0 Å². The number of benzene rings is 2. The molecule has 18 heavy (non-hydrogen) atoms. The topological polar surface area (TPSA) is 0 Å². The van der Waals surface area contributed by atoms with Crippen LogP contribution in [0.3, 0.4) is 0 Å². The highest BCUT2D eigenvalue weighted by molar-refractivity contribution is 6.46. The Balaban J connectivity index is 2.85. The average molecular weight is 320 g/mol. The van der Waals surface area contributed by atoms with Crippen LogP contribution in [-0.4, -0.2) is 0 Å². The van der Waals surface area contributed by atoms with E-state index >= 15 is 0 Å². The van der Waals surface area contributed by atoms with Crippen molar-refractivity contribution in [2.24, 2.45) is 0 Å². The zero-order chi connectivity index (χ0) is 13.4. The first-order chi connectivity index (χ1) is 8.43. The Bertz CT molecular complexity index is 562. The van der Waals surface area contributed by atoms with Gasteiger partial charge in [0.25, 0.3) is 0 Å². The van der Waals surface area contributed by atoms with E-state index in [-0.39, 0.29) is 0 Å². The summed E-state index contributed by atoms with van der Waals surface area (Å²) in [4.78, 5) is 0. The summed E-state index contributed by atoms with van der Waals surface area (Å²) in [6.07, 6.45) is 0. The lowest BCUT2D eigenvalue weighted by molar-refractivity contribution is 1.41. The van der Waals surface area contributed by atoms with Gasteiger partial charge in [-0.15, -0.1) is 0 Å². The van der Waals surface area contributed by atoms with Gasteiger partial charge in [0.15, 0.2) is 0 Å². The van der Waals surface area contributed by atoms with Crippen LogP contribution in [0.15, 0.2) is 24.3 Å². The Labute approximate surface area is 126 Å². The SMILES string of the molecule is Cc1ccc(Cl)c(Cl)c1-c1c(C)ccc(Cl)c1Cl. The fraction of sp³-hybridized carbons (Fsp3) is 0.143. The summed E-state index contributed by atoms with van der Waals surface area (Å²) in [6.45, 7) is 3.93. The molecule has 0 nitrogen and oxygen atoms in total. The molecular formula is C14H10Cl4. The van der Waals surface area contributed by atoms with Crippen molar-refractivity contribution in [2.75, 3.05) is 0 Å². The van der Waals surface area contributed by atoms with Crippen LogP contribution < -0.4 is 0 Å². The van der Waals surface area contributed by atoms with E-state index in [1.165, 1.54) is 0 Å². The van der Waals surface area contributed by atoms with Gasteiger partial charge in [-0.1, -0.05) is 58.5 Å². The van der Waals surface area contributed by atoms with Gasteiger partial charge in [0.1, 0.15) is 0 Å². The van der Waals surface area contributed by atoms with Gasteiger partial charge in [0.05, 0.1) is 20.1 Å². The number of hydrogen-bond acceptors (Lipinski definition) is 0. The number of rotatable bonds is 1. The molecule has 0 radical (unpaired) electrons. The van der Waals surface area contributed by atoms with E-state index in [0.717, 1.165) is 22.3 Å². The predicted octanol–water partition coefficient (Wildman–Crippen LogP) is 6.58. The summed E-state index contributed by atoms with van der Waals surface area (Å²) in [5.41, 5.74) is 3.71. The summed E-state index contributed by atoms with van der Waals surface area (Å²) in [7, 11) is 0. The largest absolute Gasteiger partial charge is 0.0827 e. The van der Waals surface area contributed by atoms with Crippen molar-refractivity contribution in [1.82, 2.24) is 0 Å². The summed E-state index contributed by atoms with van der Waals surface area (Å²) in [5, 5.41) is 2.02. The molecule has 0 aliphatic rings. The molecule has 0 unspecified atom stereocenters. The lowest BCUT2D eigenvalue weighted by Gasteiger charge is -2.15. The van der Waals surface area contributed by atoms with Gasteiger partial charge in [0, 0.05) is 11.1 Å². The second-order valence-corrected chi connectivity index (χ2v) is 5.68. The molecule has 0 N–H and O–H groups in total. The number of aryl methyl sites for hydroxylation is 2. The third kappa shape index (κ3) is 2.35. The van der Waals surface area contributed by atoms with Crippen molar-refractivity contribution in [3.63, 3.8) is 0 Å². The third-order valence-electron chi connectivity index (χ3n) is 2.86. The van der Waals surface area contributed by atoms with Crippen LogP contribution in [0.5, 0.6) is 0 Å². The zero-order valence-corrected chi connectivity index (χ0v) is 12.8. The molecule has 0 atom stereocenters. The minimum absolute atomic E-state index is 0.504. The highest BCUT2D eigenvalue weighted by Crippen LogP contribution is 2.43. The molecule has 2 aromatic rings. The Kier molecular flexibility index (Phi) is 4.13. The molecule has 0 amide bonds. The fourth-order valence-electron chi connectivity index (χ4n) is 1.91. The predicted molar refractivity (Wildman–Crippen MR) is 81.4 cm³/mol. The van der Waals surface area contributed by atoms with Gasteiger partial charge in [-0.3, -0.25) is 0 Å². The molecule has 0 heterocycles. The van der Waals surface area contributed by atoms with Gasteiger partial charge in [-0.25, -0.2) is 0 Å². The Morgan fingerprint density at radius 2 is 0.944 bits per heavy atom. The molecule has 0 aliphatic heterocycles. The minimum Gasteiger partial charge on any atom is -0.0827 e. The highest BCUT2D eigenvalue weighted by atomic mass is 35.5. The summed E-state index contributed by atoms with van der Waals surface area (Å²) in [6, 6.07) is 7.38. The highest BCUT2D eigenvalue weighted by Gasteiger charge is 2.17. The van der Waals surface area contributed by atoms with Gasteiger partial charge in [-0.2, -0.15) is 0 Å². The van der Waals surface area contributed by atoms with Gasteiger partial charge in [0.2, 0.25) is 0 Å². The van der Waals surface area contributed by atoms with E-state index in [4.69, 9.17) is 46.4 Å². The van der Waals surface area contributed by atoms with Crippen LogP contribution in [0.4, 0.5) is 0 Å². The lowest BCUT2D eigenvalue weighted by atomic mass is 9.96. The van der Waals surface area contributed by atoms with E-state index in [9.17, 15) is 0 Å². The van der Waals surface area contributed by atoms with Crippen LogP contribution in [0.2, 0.25) is 20.1 Å². The van der Waals surface area contributed by atoms with Gasteiger partial charge in [-0.05, 0) is 37.1 Å². The molecule has 4 heteroatoms. The van der Waals surface area contributed by atoms with E-state index < -0.39 is 0 Å². The number of halogens is 4. The van der Waals surface area contributed by atoms with Crippen molar-refractivity contribution in [2.45, 2.75) is 13.8 Å². The monoisotopic (exact) mass is 318 g/mol. The van der Waals surface area contributed by atoms with Crippen molar-refractivity contribution in [1.29, 1.82) is 0 Å². The van der Waals surface area contributed by atoms with E-state index in [0.29, 0.717) is 20.1 Å². The zero-order valence-electron chi connectivity index (χ0n) is 9.82. The normalized spacial score (nSPS) is 10.8. The first-order valence-corrected chi connectivity index (χ1v) is 6.84. The molecule has 0 aromatic heterocycles. The lowest BCUT2D eigenvalue weighted by Crippen LogP contribution is -1.91. The molecular weight excluding hydrogens is 310 g/mol. The molecule has 2 aromatic carbocycles. The number of hydrogen-bond donors (Lipinski definition) is 0. The van der Waals surface area contributed by atoms with Crippen LogP contribution in [0.1, 0.15) is 11.1 Å². The molecule has 0 saturated heterocycles. The maximum absolute atomic E-state index is 6.30. The van der Waals surface area contributed by atoms with E-state index in [1.807, 2.05) is 26.0 Å². The van der Waals surface area contributed by atoms with Gasteiger partial charge >= 0.3 is 0 Å². The van der Waals surface area contributed by atoms with Crippen LogP contribution >= 0.6 is 46.4 Å². The summed E-state index contributed by atoms with van der Waals surface area (Å²) >= 11 is 24.7. The van der Waals surface area contributed by atoms with Crippen molar-refractivity contribution >= 4 is 46.4 Å². The maximum atomic E-state index is 6.30. The van der Waals surface area contributed by atoms with Crippen LogP contribution in [0, 0.1) is 13.8 Å². The van der Waals surface area contributed by atoms with Crippen molar-refractivity contribution in [3.8, 4) is 11.1 Å². The van der Waals surface area contributed by atoms with Crippen LogP contribution in [0.25, 0.3) is 11.1 Å². The second-order valence-electron chi connectivity index (χ2n) is 4.11. The quantitative estimate of drug-likeness (QED) is 0.556. The standard InChI is InChI=1S/C14H10Cl4/c1-7-3-5-9(15)13(17)11(7)12-8(2)4-6-10(16)14(12)18/h3-6H,1-2H3. The molecule has 2 rings (SSSR count). The molecule has 0 fully saturated rings. The summed E-state index contributed by atoms with van der Waals surface area (Å²) < 4.78 is 0. The minimum atomic E-state index is 0.504.